The number of benzene rings is 3. The Hall–Kier alpha value is -4.99. The van der Waals surface area contributed by atoms with Gasteiger partial charge < -0.3 is 24.3 Å². The average molecular weight is 601 g/mol. The number of carbonyl (C=O) groups is 1. The van der Waals surface area contributed by atoms with Crippen LogP contribution in [-0.2, 0) is 6.42 Å². The normalized spacial score (nSPS) is 13.8. The van der Waals surface area contributed by atoms with Crippen molar-refractivity contribution in [1.82, 2.24) is 14.9 Å². The van der Waals surface area contributed by atoms with Crippen LogP contribution >= 0.6 is 0 Å². The number of H-pyrrole nitrogens is 1. The van der Waals surface area contributed by atoms with Crippen molar-refractivity contribution < 1.29 is 27.4 Å². The molecule has 3 heterocycles. The van der Waals surface area contributed by atoms with Crippen molar-refractivity contribution >= 4 is 22.5 Å². The highest BCUT2D eigenvalue weighted by atomic mass is 19.4. The van der Waals surface area contributed by atoms with Gasteiger partial charge in [0.2, 0.25) is 0 Å². The second-order valence-electron chi connectivity index (χ2n) is 10.7. The molecule has 0 bridgehead atoms. The third kappa shape index (κ3) is 5.92. The quantitative estimate of drug-likeness (QED) is 0.218. The van der Waals surface area contributed by atoms with Crippen molar-refractivity contribution in [3.8, 4) is 33.9 Å². The molecule has 6 rings (SSSR count). The predicted molar refractivity (Wildman–Crippen MR) is 164 cm³/mol. The Morgan fingerprint density at radius 1 is 0.841 bits per heavy atom. The second kappa shape index (κ2) is 11.9. The summed E-state index contributed by atoms with van der Waals surface area (Å²) in [6, 6.07) is 21.6. The number of pyridine rings is 1. The van der Waals surface area contributed by atoms with Crippen LogP contribution in [0.15, 0.2) is 85.2 Å². The first-order chi connectivity index (χ1) is 21.2. The number of aromatic amines is 1. The van der Waals surface area contributed by atoms with Crippen LogP contribution in [0.3, 0.4) is 0 Å². The first-order valence-electron chi connectivity index (χ1n) is 14.2. The van der Waals surface area contributed by atoms with E-state index in [0.29, 0.717) is 65.4 Å². The molecule has 0 spiro atoms. The number of methoxy groups -OCH3 is 2. The zero-order valence-corrected chi connectivity index (χ0v) is 24.3. The van der Waals surface area contributed by atoms with Gasteiger partial charge in [-0.3, -0.25) is 9.78 Å². The zero-order valence-electron chi connectivity index (χ0n) is 24.3. The summed E-state index contributed by atoms with van der Waals surface area (Å²) < 4.78 is 52.3. The largest absolute Gasteiger partial charge is 0.493 e. The fourth-order valence-electron chi connectivity index (χ4n) is 5.79. The summed E-state index contributed by atoms with van der Waals surface area (Å²) in [5.74, 6) is 0.831. The van der Waals surface area contributed by atoms with Gasteiger partial charge in [0.25, 0.3) is 5.91 Å². The Kier molecular flexibility index (Phi) is 7.90. The van der Waals surface area contributed by atoms with Gasteiger partial charge in [0, 0.05) is 66.3 Å². The average Bonchev–Trinajstić information content (AvgIpc) is 3.40. The summed E-state index contributed by atoms with van der Waals surface area (Å²) in [4.78, 5) is 24.8. The Morgan fingerprint density at radius 2 is 1.55 bits per heavy atom. The molecule has 3 aromatic carbocycles. The molecule has 5 aromatic rings. The maximum absolute atomic E-state index is 13.9. The number of carbonyl (C=O) groups excluding carboxylic acids is 1. The first-order valence-corrected chi connectivity index (χ1v) is 14.2. The lowest BCUT2D eigenvalue weighted by molar-refractivity contribution is -0.126. The maximum Gasteiger partial charge on any atom is 0.393 e. The molecular weight excluding hydrogens is 569 g/mol. The van der Waals surface area contributed by atoms with E-state index < -0.39 is 12.6 Å². The smallest absolute Gasteiger partial charge is 0.393 e. The minimum Gasteiger partial charge on any atom is -0.493 e. The standard InChI is InChI=1S/C34H31F3N4O3/c1-43-30-9-7-24(20-31(30)44-2)32-28(21-34(35,36)37)27-19-23(6-8-29(27)39-32)22-4-3-5-25(18-22)33(42)41-16-14-40(15-17-41)26-10-12-38-13-11-26/h3-13,18-20,39H,14-17,21H2,1-2H3. The van der Waals surface area contributed by atoms with E-state index in [4.69, 9.17) is 9.47 Å². The summed E-state index contributed by atoms with van der Waals surface area (Å²) in [5, 5.41) is 0.466. The van der Waals surface area contributed by atoms with Crippen LogP contribution in [0.2, 0.25) is 0 Å². The van der Waals surface area contributed by atoms with E-state index in [2.05, 4.69) is 14.9 Å². The minimum atomic E-state index is -4.43. The lowest BCUT2D eigenvalue weighted by Crippen LogP contribution is -2.48. The van der Waals surface area contributed by atoms with Crippen molar-refractivity contribution in [1.29, 1.82) is 0 Å². The highest BCUT2D eigenvalue weighted by Crippen LogP contribution is 2.39. The Morgan fingerprint density at radius 3 is 2.25 bits per heavy atom. The van der Waals surface area contributed by atoms with Crippen LogP contribution in [0, 0.1) is 0 Å². The highest BCUT2D eigenvalue weighted by molar-refractivity contribution is 5.97. The van der Waals surface area contributed by atoms with Crippen LogP contribution in [0.5, 0.6) is 11.5 Å². The van der Waals surface area contributed by atoms with E-state index in [1.165, 1.54) is 14.2 Å². The summed E-state index contributed by atoms with van der Waals surface area (Å²) in [7, 11) is 2.99. The SMILES string of the molecule is COc1ccc(-c2[nH]c3ccc(-c4cccc(C(=O)N5CCN(c6ccncc6)CC5)c4)cc3c2CC(F)(F)F)cc1OC. The molecule has 0 atom stereocenters. The first kappa shape index (κ1) is 29.1. The molecule has 0 saturated carbocycles. The third-order valence-corrected chi connectivity index (χ3v) is 7.99. The molecule has 226 valence electrons. The van der Waals surface area contributed by atoms with Gasteiger partial charge >= 0.3 is 6.18 Å². The monoisotopic (exact) mass is 600 g/mol. The van der Waals surface area contributed by atoms with Gasteiger partial charge in [-0.2, -0.15) is 13.2 Å². The predicted octanol–water partition coefficient (Wildman–Crippen LogP) is 6.98. The Balaban J connectivity index is 1.30. The van der Waals surface area contributed by atoms with Crippen LogP contribution < -0.4 is 14.4 Å². The molecule has 0 unspecified atom stereocenters. The van der Waals surface area contributed by atoms with Gasteiger partial charge in [-0.15, -0.1) is 0 Å². The van der Waals surface area contributed by atoms with E-state index in [0.717, 1.165) is 16.8 Å². The molecule has 10 heteroatoms. The van der Waals surface area contributed by atoms with E-state index in [1.54, 1.807) is 48.8 Å². The molecule has 0 radical (unpaired) electrons. The van der Waals surface area contributed by atoms with Gasteiger partial charge in [-0.1, -0.05) is 18.2 Å². The Bertz CT molecular complexity index is 1800. The summed E-state index contributed by atoms with van der Waals surface area (Å²) in [6.45, 7) is 2.59. The number of nitrogens with zero attached hydrogens (tertiary/aromatic N) is 3. The number of alkyl halides is 3. The second-order valence-corrected chi connectivity index (χ2v) is 10.7. The molecule has 2 aromatic heterocycles. The molecule has 7 nitrogen and oxygen atoms in total. The number of amides is 1. The van der Waals surface area contributed by atoms with E-state index in [-0.39, 0.29) is 11.5 Å². The van der Waals surface area contributed by atoms with E-state index in [9.17, 15) is 18.0 Å². The molecule has 1 fully saturated rings. The number of fused-ring (bicyclic) bond motifs is 1. The summed E-state index contributed by atoms with van der Waals surface area (Å²) in [6.07, 6.45) is -2.02. The summed E-state index contributed by atoms with van der Waals surface area (Å²) in [5.41, 5.74) is 4.72. The van der Waals surface area contributed by atoms with Crippen molar-refractivity contribution in [2.24, 2.45) is 0 Å². The van der Waals surface area contributed by atoms with E-state index in [1.807, 2.05) is 41.3 Å². The molecule has 44 heavy (non-hydrogen) atoms. The number of hydrogen-bond acceptors (Lipinski definition) is 5. The molecule has 1 aliphatic rings. The fraction of sp³-hybridized carbons (Fsp3) is 0.235. The topological polar surface area (TPSA) is 70.7 Å². The number of halogens is 3. The van der Waals surface area contributed by atoms with Crippen molar-refractivity contribution in [3.05, 3.63) is 96.3 Å². The molecule has 1 amide bonds. The zero-order chi connectivity index (χ0) is 30.8. The molecule has 0 aliphatic carbocycles. The number of piperazine rings is 1. The number of hydrogen-bond donors (Lipinski definition) is 1. The lowest BCUT2D eigenvalue weighted by atomic mass is 9.97. The number of nitrogens with one attached hydrogen (secondary N) is 1. The van der Waals surface area contributed by atoms with Crippen LogP contribution in [0.4, 0.5) is 18.9 Å². The number of anilines is 1. The molecule has 1 aliphatic heterocycles. The third-order valence-electron chi connectivity index (χ3n) is 7.99. The van der Waals surface area contributed by atoms with Gasteiger partial charge in [-0.05, 0) is 71.3 Å². The Labute approximate surface area is 252 Å². The van der Waals surface area contributed by atoms with Gasteiger partial charge in [0.1, 0.15) is 0 Å². The highest BCUT2D eigenvalue weighted by Gasteiger charge is 2.31. The van der Waals surface area contributed by atoms with Crippen LogP contribution in [-0.4, -0.2) is 67.3 Å². The van der Waals surface area contributed by atoms with Gasteiger partial charge in [-0.25, -0.2) is 0 Å². The van der Waals surface area contributed by atoms with E-state index >= 15 is 0 Å². The number of rotatable bonds is 7. The van der Waals surface area contributed by atoms with Crippen molar-refractivity contribution in [3.63, 3.8) is 0 Å². The van der Waals surface area contributed by atoms with Crippen molar-refractivity contribution in [2.45, 2.75) is 12.6 Å². The fourth-order valence-corrected chi connectivity index (χ4v) is 5.79. The van der Waals surface area contributed by atoms with Crippen molar-refractivity contribution in [2.75, 3.05) is 45.3 Å². The van der Waals surface area contributed by atoms with Gasteiger partial charge in [0.15, 0.2) is 11.5 Å². The minimum absolute atomic E-state index is 0.0718. The van der Waals surface area contributed by atoms with Crippen LogP contribution in [0.25, 0.3) is 33.3 Å². The van der Waals surface area contributed by atoms with Crippen LogP contribution in [0.1, 0.15) is 15.9 Å². The molecule has 1 N–H and O–H groups in total. The maximum atomic E-state index is 13.9. The molecular formula is C34H31F3N4O3. The molecule has 1 saturated heterocycles. The number of ether oxygens (including phenoxy) is 2. The number of aromatic nitrogens is 2. The van der Waals surface area contributed by atoms with Gasteiger partial charge in [0.05, 0.1) is 26.3 Å². The summed E-state index contributed by atoms with van der Waals surface area (Å²) >= 11 is 0. The lowest BCUT2D eigenvalue weighted by Gasteiger charge is -2.36.